The molecule has 0 aliphatic rings. The summed E-state index contributed by atoms with van der Waals surface area (Å²) in [6.45, 7) is 0. The molecule has 0 saturated heterocycles. The molecule has 0 saturated carbocycles. The van der Waals surface area contributed by atoms with Crippen molar-refractivity contribution in [1.29, 1.82) is 0 Å². The summed E-state index contributed by atoms with van der Waals surface area (Å²) in [7, 11) is 1.02. The van der Waals surface area contributed by atoms with Crippen LogP contribution in [0.25, 0.3) is 0 Å². The largest absolute Gasteiger partial charge is 0.414 e. The Morgan fingerprint density at radius 2 is 2.00 bits per heavy atom. The lowest BCUT2D eigenvalue weighted by Gasteiger charge is -2.18. The van der Waals surface area contributed by atoms with E-state index in [1.807, 2.05) is 0 Å². The molecule has 16 heavy (non-hydrogen) atoms. The van der Waals surface area contributed by atoms with E-state index >= 15 is 0 Å². The van der Waals surface area contributed by atoms with Crippen LogP contribution >= 0.6 is 0 Å². The normalized spacial score (nSPS) is 13.8. The van der Waals surface area contributed by atoms with Crippen molar-refractivity contribution in [3.63, 3.8) is 0 Å². The van der Waals surface area contributed by atoms with Crippen LogP contribution in [0.1, 0.15) is 12.0 Å². The van der Waals surface area contributed by atoms with E-state index in [0.29, 0.717) is 5.56 Å². The molecule has 0 radical (unpaired) electrons. The van der Waals surface area contributed by atoms with E-state index in [4.69, 9.17) is 0 Å². The van der Waals surface area contributed by atoms with Crippen LogP contribution in [0.4, 0.5) is 17.6 Å². The second-order valence-corrected chi connectivity index (χ2v) is 3.43. The number of aryl methyl sites for hydroxylation is 1. The van der Waals surface area contributed by atoms with Gasteiger partial charge in [-0.3, -0.25) is 0 Å². The summed E-state index contributed by atoms with van der Waals surface area (Å²) in [5.41, 5.74) is 0.534. The Hall–Kier alpha value is -1.10. The summed E-state index contributed by atoms with van der Waals surface area (Å²) in [5, 5.41) is 0. The molecule has 0 spiro atoms. The molecule has 0 amide bonds. The summed E-state index contributed by atoms with van der Waals surface area (Å²) in [5.74, 6) is -0.446. The first-order valence-electron chi connectivity index (χ1n) is 4.77. The van der Waals surface area contributed by atoms with Gasteiger partial charge in [-0.1, -0.05) is 12.1 Å². The molecule has 0 aromatic heterocycles. The van der Waals surface area contributed by atoms with Gasteiger partial charge >= 0.3 is 6.18 Å². The molecule has 0 heterocycles. The molecule has 1 aromatic rings. The highest BCUT2D eigenvalue weighted by Crippen LogP contribution is 2.26. The molecular weight excluding hydrogens is 224 g/mol. The van der Waals surface area contributed by atoms with Crippen LogP contribution in [0.15, 0.2) is 24.3 Å². The lowest BCUT2D eigenvalue weighted by atomic mass is 10.1. The van der Waals surface area contributed by atoms with Gasteiger partial charge in [0.2, 0.25) is 0 Å². The fourth-order valence-corrected chi connectivity index (χ4v) is 1.41. The quantitative estimate of drug-likeness (QED) is 0.728. The van der Waals surface area contributed by atoms with Gasteiger partial charge in [0.25, 0.3) is 0 Å². The third-order valence-corrected chi connectivity index (χ3v) is 2.23. The van der Waals surface area contributed by atoms with Gasteiger partial charge in [-0.05, 0) is 30.5 Å². The van der Waals surface area contributed by atoms with Crippen LogP contribution in [0.2, 0.25) is 0 Å². The second kappa shape index (κ2) is 5.30. The summed E-state index contributed by atoms with van der Waals surface area (Å²) >= 11 is 0. The Morgan fingerprint density at radius 3 is 2.50 bits per heavy atom. The van der Waals surface area contributed by atoms with Crippen LogP contribution in [0.5, 0.6) is 0 Å². The van der Waals surface area contributed by atoms with Gasteiger partial charge in [-0.25, -0.2) is 4.39 Å². The third kappa shape index (κ3) is 3.81. The van der Waals surface area contributed by atoms with Gasteiger partial charge in [-0.15, -0.1) is 0 Å². The van der Waals surface area contributed by atoms with Crippen molar-refractivity contribution in [3.05, 3.63) is 35.6 Å². The monoisotopic (exact) mass is 236 g/mol. The Labute approximate surface area is 91.0 Å². The molecule has 1 rings (SSSR count). The Kier molecular flexibility index (Phi) is 4.29. The van der Waals surface area contributed by atoms with Gasteiger partial charge in [-0.2, -0.15) is 13.2 Å². The van der Waals surface area contributed by atoms with Gasteiger partial charge in [0.1, 0.15) is 5.82 Å². The molecule has 0 N–H and O–H groups in total. The summed E-state index contributed by atoms with van der Waals surface area (Å²) in [4.78, 5) is 0. The highest BCUT2D eigenvalue weighted by atomic mass is 19.4. The number of rotatable bonds is 4. The van der Waals surface area contributed by atoms with Gasteiger partial charge < -0.3 is 4.74 Å². The molecule has 90 valence electrons. The zero-order chi connectivity index (χ0) is 12.2. The molecular formula is C11H12F4O. The number of halogens is 4. The van der Waals surface area contributed by atoms with Crippen molar-refractivity contribution < 1.29 is 22.3 Å². The molecule has 1 aromatic carbocycles. The highest BCUT2D eigenvalue weighted by Gasteiger charge is 2.39. The van der Waals surface area contributed by atoms with Crippen molar-refractivity contribution in [1.82, 2.24) is 0 Å². The van der Waals surface area contributed by atoms with E-state index in [1.165, 1.54) is 18.2 Å². The van der Waals surface area contributed by atoms with E-state index in [9.17, 15) is 17.6 Å². The standard InChI is InChI=1S/C11H12F4O/c1-16-10(11(13,14)15)6-5-8-3-2-4-9(12)7-8/h2-4,7,10H,5-6H2,1H3. The van der Waals surface area contributed by atoms with Gasteiger partial charge in [0.15, 0.2) is 6.10 Å². The zero-order valence-electron chi connectivity index (χ0n) is 8.72. The van der Waals surface area contributed by atoms with Crippen molar-refractivity contribution >= 4 is 0 Å². The number of hydrogen-bond donors (Lipinski definition) is 0. The maximum atomic E-state index is 12.8. The van der Waals surface area contributed by atoms with Crippen LogP contribution in [0, 0.1) is 5.82 Å². The first-order valence-corrected chi connectivity index (χ1v) is 4.77. The molecule has 0 aliphatic carbocycles. The molecule has 0 bridgehead atoms. The predicted molar refractivity (Wildman–Crippen MR) is 51.6 cm³/mol. The zero-order valence-corrected chi connectivity index (χ0v) is 8.72. The molecule has 1 unspecified atom stereocenters. The maximum absolute atomic E-state index is 12.8. The minimum Gasteiger partial charge on any atom is -0.372 e. The second-order valence-electron chi connectivity index (χ2n) is 3.43. The summed E-state index contributed by atoms with van der Waals surface area (Å²) in [6, 6.07) is 5.54. The van der Waals surface area contributed by atoms with Crippen molar-refractivity contribution in [3.8, 4) is 0 Å². The first-order chi connectivity index (χ1) is 7.43. The fourth-order valence-electron chi connectivity index (χ4n) is 1.41. The van der Waals surface area contributed by atoms with Crippen molar-refractivity contribution in [2.45, 2.75) is 25.1 Å². The molecule has 5 heteroatoms. The molecule has 1 atom stereocenters. The number of ether oxygens (including phenoxy) is 1. The van der Waals surface area contributed by atoms with E-state index in [2.05, 4.69) is 4.74 Å². The fraction of sp³-hybridized carbons (Fsp3) is 0.455. The average molecular weight is 236 g/mol. The van der Waals surface area contributed by atoms with Gasteiger partial charge in [0.05, 0.1) is 0 Å². The molecule has 0 aliphatic heterocycles. The van der Waals surface area contributed by atoms with Crippen LogP contribution in [-0.2, 0) is 11.2 Å². The molecule has 0 fully saturated rings. The predicted octanol–water partition coefficient (Wildman–Crippen LogP) is 3.34. The first kappa shape index (κ1) is 13.0. The van der Waals surface area contributed by atoms with Crippen molar-refractivity contribution in [2.24, 2.45) is 0 Å². The smallest absolute Gasteiger partial charge is 0.372 e. The Bertz CT molecular complexity index is 335. The lowest BCUT2D eigenvalue weighted by Crippen LogP contribution is -2.31. The van der Waals surface area contributed by atoms with E-state index in [1.54, 1.807) is 6.07 Å². The van der Waals surface area contributed by atoms with Crippen LogP contribution in [0.3, 0.4) is 0 Å². The van der Waals surface area contributed by atoms with Gasteiger partial charge in [0, 0.05) is 7.11 Å². The number of alkyl halides is 3. The SMILES string of the molecule is COC(CCc1cccc(F)c1)C(F)(F)F. The average Bonchev–Trinajstić information content (AvgIpc) is 2.16. The minimum absolute atomic E-state index is 0.135. The lowest BCUT2D eigenvalue weighted by molar-refractivity contribution is -0.214. The minimum atomic E-state index is -4.37. The maximum Gasteiger partial charge on any atom is 0.414 e. The van der Waals surface area contributed by atoms with E-state index < -0.39 is 18.1 Å². The van der Waals surface area contributed by atoms with E-state index in [-0.39, 0.29) is 12.8 Å². The number of hydrogen-bond acceptors (Lipinski definition) is 1. The highest BCUT2D eigenvalue weighted by molar-refractivity contribution is 5.16. The van der Waals surface area contributed by atoms with Crippen molar-refractivity contribution in [2.75, 3.05) is 7.11 Å². The van der Waals surface area contributed by atoms with E-state index in [0.717, 1.165) is 7.11 Å². The summed E-state index contributed by atoms with van der Waals surface area (Å²) < 4.78 is 54.0. The Balaban J connectivity index is 2.56. The topological polar surface area (TPSA) is 9.23 Å². The Morgan fingerprint density at radius 1 is 1.31 bits per heavy atom. The number of methoxy groups -OCH3 is 1. The molecule has 1 nitrogen and oxygen atoms in total. The van der Waals surface area contributed by atoms with Crippen LogP contribution < -0.4 is 0 Å². The third-order valence-electron chi connectivity index (χ3n) is 2.23. The van der Waals surface area contributed by atoms with Crippen LogP contribution in [-0.4, -0.2) is 19.4 Å². The summed E-state index contributed by atoms with van der Waals surface area (Å²) in [6.07, 6.45) is -6.24. The number of benzene rings is 1.